The van der Waals surface area contributed by atoms with Gasteiger partial charge in [0.1, 0.15) is 0 Å². The van der Waals surface area contributed by atoms with Gasteiger partial charge in [-0.2, -0.15) is 0 Å². The van der Waals surface area contributed by atoms with Gasteiger partial charge in [0.25, 0.3) is 0 Å². The Labute approximate surface area is 148 Å². The molecule has 5 rings (SSSR count). The van der Waals surface area contributed by atoms with Crippen molar-refractivity contribution in [2.45, 2.75) is 114 Å². The third-order valence-corrected chi connectivity index (χ3v) is 7.91. The van der Waals surface area contributed by atoms with Gasteiger partial charge in [0.05, 0.1) is 0 Å². The van der Waals surface area contributed by atoms with Crippen molar-refractivity contribution in [3.05, 3.63) is 0 Å². The topological polar surface area (TPSA) is 58.5 Å². The van der Waals surface area contributed by atoms with Crippen LogP contribution in [0.4, 0.5) is 0 Å². The minimum absolute atomic E-state index is 0.377. The van der Waals surface area contributed by atoms with Gasteiger partial charge in [0.2, 0.25) is 0 Å². The van der Waals surface area contributed by atoms with Crippen LogP contribution >= 0.6 is 0 Å². The molecule has 138 valence electrons. The molecule has 24 heavy (non-hydrogen) atoms. The molecule has 4 saturated heterocycles. The molecule has 0 aromatic rings. The maximum atomic E-state index is 6.60. The van der Waals surface area contributed by atoms with E-state index in [1.807, 2.05) is 0 Å². The molecule has 0 radical (unpaired) electrons. The van der Waals surface area contributed by atoms with Crippen molar-refractivity contribution in [2.75, 3.05) is 6.54 Å². The van der Waals surface area contributed by atoms with E-state index in [-0.39, 0.29) is 0 Å². The largest absolute Gasteiger partial charge is 0.326 e. The third kappa shape index (κ3) is 2.74. The van der Waals surface area contributed by atoms with Crippen molar-refractivity contribution in [2.24, 2.45) is 16.9 Å². The fourth-order valence-electron chi connectivity index (χ4n) is 6.94. The maximum Gasteiger partial charge on any atom is 0.0253 e. The van der Waals surface area contributed by atoms with Gasteiger partial charge in [0, 0.05) is 48.8 Å². The van der Waals surface area contributed by atoms with Crippen LogP contribution in [0.25, 0.3) is 0 Å². The Morgan fingerprint density at radius 3 is 2.42 bits per heavy atom. The van der Waals surface area contributed by atoms with Gasteiger partial charge < -0.3 is 11.5 Å². The highest BCUT2D eigenvalue weighted by atomic mass is 15.3. The average Bonchev–Trinajstić information content (AvgIpc) is 2.87. The molecule has 0 amide bonds. The molecule has 4 heteroatoms. The lowest BCUT2D eigenvalue weighted by Gasteiger charge is -2.58. The van der Waals surface area contributed by atoms with Crippen LogP contribution in [-0.4, -0.2) is 58.6 Å². The first-order valence-electron chi connectivity index (χ1n) is 10.4. The van der Waals surface area contributed by atoms with Crippen molar-refractivity contribution in [3.63, 3.8) is 0 Å². The number of nitrogens with two attached hydrogens (primary N) is 2. The SMILES string of the molecule is CC(C)N1CC2(CC(C)N3C4CCC(N)C3CC4)CCC1C(N)C2. The molecule has 7 atom stereocenters. The Bertz CT molecular complexity index is 467. The highest BCUT2D eigenvalue weighted by molar-refractivity contribution is 5.07. The number of hydrogen-bond acceptors (Lipinski definition) is 4. The van der Waals surface area contributed by atoms with Gasteiger partial charge in [-0.25, -0.2) is 0 Å². The van der Waals surface area contributed by atoms with Gasteiger partial charge >= 0.3 is 0 Å². The molecule has 4 nitrogen and oxygen atoms in total. The van der Waals surface area contributed by atoms with Gasteiger partial charge in [-0.15, -0.1) is 0 Å². The van der Waals surface area contributed by atoms with Crippen molar-refractivity contribution in [1.82, 2.24) is 9.80 Å². The summed E-state index contributed by atoms with van der Waals surface area (Å²) in [7, 11) is 0. The lowest BCUT2D eigenvalue weighted by molar-refractivity contribution is -0.0704. The summed E-state index contributed by atoms with van der Waals surface area (Å²) in [6.45, 7) is 8.43. The van der Waals surface area contributed by atoms with Crippen molar-refractivity contribution < 1.29 is 0 Å². The van der Waals surface area contributed by atoms with E-state index in [4.69, 9.17) is 11.5 Å². The van der Waals surface area contributed by atoms with E-state index in [0.717, 1.165) is 6.04 Å². The minimum Gasteiger partial charge on any atom is -0.326 e. The minimum atomic E-state index is 0.377. The highest BCUT2D eigenvalue weighted by Crippen LogP contribution is 2.49. The van der Waals surface area contributed by atoms with Crippen LogP contribution in [0.1, 0.15) is 72.1 Å². The lowest BCUT2D eigenvalue weighted by atomic mass is 9.62. The van der Waals surface area contributed by atoms with Crippen LogP contribution in [0.2, 0.25) is 0 Å². The summed E-state index contributed by atoms with van der Waals surface area (Å²) in [5.41, 5.74) is 13.5. The zero-order valence-electron chi connectivity index (χ0n) is 16.0. The molecule has 5 aliphatic rings. The molecule has 4 bridgehead atoms. The molecular formula is C20H38N4. The fraction of sp³-hybridized carbons (Fsp3) is 1.00. The third-order valence-electron chi connectivity index (χ3n) is 7.91. The second kappa shape index (κ2) is 6.22. The van der Waals surface area contributed by atoms with Crippen molar-refractivity contribution in [1.29, 1.82) is 0 Å². The summed E-state index contributed by atoms with van der Waals surface area (Å²) in [6.07, 6.45) is 10.5. The molecule has 0 spiro atoms. The monoisotopic (exact) mass is 334 g/mol. The second-order valence-electron chi connectivity index (χ2n) is 9.78. The molecule has 0 aromatic carbocycles. The van der Waals surface area contributed by atoms with Gasteiger partial charge in [-0.05, 0) is 77.6 Å². The quantitative estimate of drug-likeness (QED) is 0.828. The average molecular weight is 335 g/mol. The number of nitrogens with zero attached hydrogens (tertiary/aromatic N) is 2. The Balaban J connectivity index is 1.49. The molecule has 4 N–H and O–H groups in total. The van der Waals surface area contributed by atoms with E-state index in [0.29, 0.717) is 41.7 Å². The zero-order valence-corrected chi connectivity index (χ0v) is 16.0. The van der Waals surface area contributed by atoms with E-state index < -0.39 is 0 Å². The summed E-state index contributed by atoms with van der Waals surface area (Å²) in [5.74, 6) is 0. The summed E-state index contributed by atoms with van der Waals surface area (Å²) in [4.78, 5) is 5.54. The first-order chi connectivity index (χ1) is 11.4. The van der Waals surface area contributed by atoms with E-state index in [1.165, 1.54) is 57.9 Å². The van der Waals surface area contributed by atoms with Crippen LogP contribution in [0, 0.1) is 5.41 Å². The van der Waals surface area contributed by atoms with E-state index >= 15 is 0 Å². The van der Waals surface area contributed by atoms with Crippen LogP contribution in [0.5, 0.6) is 0 Å². The summed E-state index contributed by atoms with van der Waals surface area (Å²) in [6, 6.07) is 4.13. The molecule has 7 unspecified atom stereocenters. The first-order valence-corrected chi connectivity index (χ1v) is 10.4. The van der Waals surface area contributed by atoms with E-state index in [2.05, 4.69) is 30.6 Å². The Kier molecular flexibility index (Phi) is 4.48. The molecule has 1 aliphatic carbocycles. The van der Waals surface area contributed by atoms with Crippen LogP contribution < -0.4 is 11.5 Å². The van der Waals surface area contributed by atoms with Crippen LogP contribution in [0.3, 0.4) is 0 Å². The normalized spacial score (nSPS) is 47.5. The molecular weight excluding hydrogens is 296 g/mol. The standard InChI is InChI=1S/C20H38N4/c1-13(2)23-12-20(9-8-18(23)17(22)11-20)10-14(3)24-15-4-6-16(21)19(24)7-5-15/h13-19H,4-12,21-22H2,1-3H3. The van der Waals surface area contributed by atoms with Crippen LogP contribution in [-0.2, 0) is 0 Å². The molecule has 0 aromatic heterocycles. The molecule has 1 saturated carbocycles. The first kappa shape index (κ1) is 17.3. The smallest absolute Gasteiger partial charge is 0.0253 e. The summed E-state index contributed by atoms with van der Waals surface area (Å²) < 4.78 is 0. The maximum absolute atomic E-state index is 6.60. The zero-order chi connectivity index (χ0) is 17.1. The van der Waals surface area contributed by atoms with Gasteiger partial charge in [-0.1, -0.05) is 0 Å². The molecule has 4 aliphatic heterocycles. The fourth-order valence-corrected chi connectivity index (χ4v) is 6.94. The number of hydrogen-bond donors (Lipinski definition) is 2. The number of rotatable bonds is 4. The predicted octanol–water partition coefficient (Wildman–Crippen LogP) is 2.31. The second-order valence-corrected chi connectivity index (χ2v) is 9.78. The van der Waals surface area contributed by atoms with Gasteiger partial charge in [-0.3, -0.25) is 9.80 Å². The molecule has 4 heterocycles. The highest BCUT2D eigenvalue weighted by Gasteiger charge is 2.51. The number of piperidine rings is 3. The summed E-state index contributed by atoms with van der Waals surface area (Å²) >= 11 is 0. The van der Waals surface area contributed by atoms with Crippen LogP contribution in [0.15, 0.2) is 0 Å². The van der Waals surface area contributed by atoms with E-state index in [1.54, 1.807) is 0 Å². The predicted molar refractivity (Wildman–Crippen MR) is 99.8 cm³/mol. The van der Waals surface area contributed by atoms with Crippen molar-refractivity contribution in [3.8, 4) is 0 Å². The Morgan fingerprint density at radius 2 is 1.71 bits per heavy atom. The van der Waals surface area contributed by atoms with Gasteiger partial charge in [0.15, 0.2) is 0 Å². The lowest BCUT2D eigenvalue weighted by Crippen LogP contribution is -2.66. The Morgan fingerprint density at radius 1 is 0.958 bits per heavy atom. The summed E-state index contributed by atoms with van der Waals surface area (Å²) in [5, 5.41) is 0. The Hall–Kier alpha value is -0.160. The van der Waals surface area contributed by atoms with Crippen molar-refractivity contribution >= 4 is 0 Å². The van der Waals surface area contributed by atoms with E-state index in [9.17, 15) is 0 Å². The number of fused-ring (bicyclic) bond motifs is 5. The molecule has 5 fully saturated rings.